The Balaban J connectivity index is 2.00. The van der Waals surface area contributed by atoms with Crippen molar-refractivity contribution in [3.63, 3.8) is 0 Å². The van der Waals surface area contributed by atoms with Gasteiger partial charge in [0.25, 0.3) is 0 Å². The van der Waals surface area contributed by atoms with Crippen LogP contribution in [0.3, 0.4) is 0 Å². The first kappa shape index (κ1) is 14.5. The van der Waals surface area contributed by atoms with E-state index in [1.165, 1.54) is 0 Å². The molecule has 1 aliphatic rings. The quantitative estimate of drug-likeness (QED) is 0.918. The number of hydrogen-bond donors (Lipinski definition) is 1. The first-order valence-corrected chi connectivity index (χ1v) is 7.11. The molecule has 5 nitrogen and oxygen atoms in total. The van der Waals surface area contributed by atoms with Crippen molar-refractivity contribution in [1.29, 1.82) is 0 Å². The van der Waals surface area contributed by atoms with E-state index >= 15 is 0 Å². The highest BCUT2D eigenvalue weighted by Crippen LogP contribution is 2.42. The summed E-state index contributed by atoms with van der Waals surface area (Å²) in [4.78, 5) is 0. The zero-order valence-corrected chi connectivity index (χ0v) is 12.5. The zero-order chi connectivity index (χ0) is 15.5. The molecule has 2 aromatic carbocycles. The predicted molar refractivity (Wildman–Crippen MR) is 80.7 cm³/mol. The molecule has 0 radical (unpaired) electrons. The molecule has 0 fully saturated rings. The third kappa shape index (κ3) is 2.67. The normalized spacial score (nSPS) is 13.9. The van der Waals surface area contributed by atoms with Crippen LogP contribution < -0.4 is 14.2 Å². The van der Waals surface area contributed by atoms with Gasteiger partial charge in [-0.3, -0.25) is 0 Å². The number of rotatable bonds is 5. The van der Waals surface area contributed by atoms with Gasteiger partial charge >= 0.3 is 0 Å². The number of aromatic hydroxyl groups is 1. The maximum absolute atomic E-state index is 10.3. The summed E-state index contributed by atoms with van der Waals surface area (Å²) in [5.74, 6) is 2.06. The van der Waals surface area contributed by atoms with Crippen LogP contribution in [-0.2, 0) is 4.74 Å². The molecule has 1 heterocycles. The number of methoxy groups -OCH3 is 1. The number of benzene rings is 2. The van der Waals surface area contributed by atoms with E-state index < -0.39 is 0 Å². The zero-order valence-electron chi connectivity index (χ0n) is 12.5. The number of hydrogen-bond acceptors (Lipinski definition) is 5. The molecular formula is C17H18O5. The molecule has 1 atom stereocenters. The molecule has 3 rings (SSSR count). The highest BCUT2D eigenvalue weighted by molar-refractivity contribution is 5.53. The van der Waals surface area contributed by atoms with Gasteiger partial charge in [0.15, 0.2) is 11.5 Å². The summed E-state index contributed by atoms with van der Waals surface area (Å²) in [5.41, 5.74) is 1.58. The lowest BCUT2D eigenvalue weighted by atomic mass is 9.99. The molecule has 1 unspecified atom stereocenters. The van der Waals surface area contributed by atoms with Crippen LogP contribution in [0.4, 0.5) is 0 Å². The van der Waals surface area contributed by atoms with Gasteiger partial charge in [-0.2, -0.15) is 0 Å². The topological polar surface area (TPSA) is 57.2 Å². The third-order valence-corrected chi connectivity index (χ3v) is 3.56. The highest BCUT2D eigenvalue weighted by Gasteiger charge is 2.23. The summed E-state index contributed by atoms with van der Waals surface area (Å²) < 4.78 is 21.7. The second-order valence-electron chi connectivity index (χ2n) is 4.87. The summed E-state index contributed by atoms with van der Waals surface area (Å²) in [7, 11) is 1.62. The Kier molecular flexibility index (Phi) is 4.06. The van der Waals surface area contributed by atoms with Gasteiger partial charge in [0.2, 0.25) is 6.79 Å². The van der Waals surface area contributed by atoms with Crippen LogP contribution in [0, 0.1) is 0 Å². The second-order valence-corrected chi connectivity index (χ2v) is 4.87. The molecule has 116 valence electrons. The molecule has 0 aliphatic carbocycles. The van der Waals surface area contributed by atoms with Crippen molar-refractivity contribution in [1.82, 2.24) is 0 Å². The van der Waals surface area contributed by atoms with Crippen molar-refractivity contribution < 1.29 is 24.1 Å². The average Bonchev–Trinajstić information content (AvgIpc) is 2.99. The fourth-order valence-electron chi connectivity index (χ4n) is 2.47. The molecule has 2 aromatic rings. The van der Waals surface area contributed by atoms with Crippen molar-refractivity contribution in [3.8, 4) is 23.0 Å². The Bertz CT molecular complexity index is 651. The summed E-state index contributed by atoms with van der Waals surface area (Å²) in [6.45, 7) is 2.60. The maximum Gasteiger partial charge on any atom is 0.231 e. The van der Waals surface area contributed by atoms with E-state index in [9.17, 15) is 5.11 Å². The minimum atomic E-state index is -0.384. The highest BCUT2D eigenvalue weighted by atomic mass is 16.7. The van der Waals surface area contributed by atoms with E-state index in [1.807, 2.05) is 31.2 Å². The number of ether oxygens (including phenoxy) is 4. The molecule has 0 saturated carbocycles. The van der Waals surface area contributed by atoms with Crippen molar-refractivity contribution in [2.45, 2.75) is 13.0 Å². The fraction of sp³-hybridized carbons (Fsp3) is 0.294. The van der Waals surface area contributed by atoms with Crippen LogP contribution in [0.2, 0.25) is 0 Å². The van der Waals surface area contributed by atoms with Crippen LogP contribution >= 0.6 is 0 Å². The Morgan fingerprint density at radius 1 is 1.14 bits per heavy atom. The van der Waals surface area contributed by atoms with Gasteiger partial charge in [-0.1, -0.05) is 12.1 Å². The molecule has 22 heavy (non-hydrogen) atoms. The number of fused-ring (bicyclic) bond motifs is 1. The van der Waals surface area contributed by atoms with E-state index in [-0.39, 0.29) is 18.6 Å². The standard InChI is InChI=1S/C17H18O5/c1-3-20-17(11-4-6-12(19-2)7-5-11)13-8-15-16(9-14(13)18)22-10-21-15/h4-9,17-18H,3,10H2,1-2H3. The van der Waals surface area contributed by atoms with Crippen LogP contribution in [0.25, 0.3) is 0 Å². The largest absolute Gasteiger partial charge is 0.507 e. The lowest BCUT2D eigenvalue weighted by Crippen LogP contribution is -2.06. The molecule has 5 heteroatoms. The third-order valence-electron chi connectivity index (χ3n) is 3.56. The molecular weight excluding hydrogens is 284 g/mol. The molecule has 1 aliphatic heterocycles. The van der Waals surface area contributed by atoms with Gasteiger partial charge in [0.05, 0.1) is 7.11 Å². The van der Waals surface area contributed by atoms with Crippen molar-refractivity contribution in [2.24, 2.45) is 0 Å². The lowest BCUT2D eigenvalue weighted by Gasteiger charge is -2.19. The van der Waals surface area contributed by atoms with Crippen molar-refractivity contribution in [2.75, 3.05) is 20.5 Å². The van der Waals surface area contributed by atoms with Gasteiger partial charge < -0.3 is 24.1 Å². The smallest absolute Gasteiger partial charge is 0.231 e. The van der Waals surface area contributed by atoms with Gasteiger partial charge in [-0.25, -0.2) is 0 Å². The molecule has 1 N–H and O–H groups in total. The summed E-state index contributed by atoms with van der Waals surface area (Å²) >= 11 is 0. The Morgan fingerprint density at radius 2 is 1.82 bits per heavy atom. The van der Waals surface area contributed by atoms with E-state index in [4.69, 9.17) is 18.9 Å². The molecule has 0 bridgehead atoms. The van der Waals surface area contributed by atoms with Crippen molar-refractivity contribution in [3.05, 3.63) is 47.5 Å². The van der Waals surface area contributed by atoms with Crippen molar-refractivity contribution >= 4 is 0 Å². The fourth-order valence-corrected chi connectivity index (χ4v) is 2.47. The van der Waals surface area contributed by atoms with Crippen LogP contribution in [0.1, 0.15) is 24.2 Å². The first-order chi connectivity index (χ1) is 10.7. The SMILES string of the molecule is CCOC(c1ccc(OC)cc1)c1cc2c(cc1O)OCO2. The van der Waals surface area contributed by atoms with E-state index in [1.54, 1.807) is 19.2 Å². The van der Waals surface area contributed by atoms with Crippen LogP contribution in [0.15, 0.2) is 36.4 Å². The molecule has 0 amide bonds. The van der Waals surface area contributed by atoms with Gasteiger partial charge in [-0.15, -0.1) is 0 Å². The summed E-state index contributed by atoms with van der Waals surface area (Å²) in [6.07, 6.45) is -0.384. The molecule has 0 saturated heterocycles. The van der Waals surface area contributed by atoms with E-state index in [0.29, 0.717) is 23.7 Å². The monoisotopic (exact) mass is 302 g/mol. The molecule has 0 aromatic heterocycles. The van der Waals surface area contributed by atoms with E-state index in [2.05, 4.69) is 0 Å². The predicted octanol–water partition coefficient (Wildman–Crippen LogP) is 3.26. The Hall–Kier alpha value is -2.40. The average molecular weight is 302 g/mol. The maximum atomic E-state index is 10.3. The Labute approximate surface area is 129 Å². The van der Waals surface area contributed by atoms with E-state index in [0.717, 1.165) is 11.3 Å². The first-order valence-electron chi connectivity index (χ1n) is 7.11. The number of phenols is 1. The van der Waals surface area contributed by atoms with Crippen LogP contribution in [0.5, 0.6) is 23.0 Å². The Morgan fingerprint density at radius 3 is 2.45 bits per heavy atom. The van der Waals surface area contributed by atoms with Gasteiger partial charge in [0.1, 0.15) is 17.6 Å². The van der Waals surface area contributed by atoms with Gasteiger partial charge in [0, 0.05) is 18.2 Å². The number of phenolic OH excluding ortho intramolecular Hbond substituents is 1. The minimum absolute atomic E-state index is 0.124. The van der Waals surface area contributed by atoms with Crippen LogP contribution in [-0.4, -0.2) is 25.6 Å². The minimum Gasteiger partial charge on any atom is -0.507 e. The summed E-state index contributed by atoms with van der Waals surface area (Å²) in [5, 5.41) is 10.3. The lowest BCUT2D eigenvalue weighted by molar-refractivity contribution is 0.0893. The second kappa shape index (κ2) is 6.15. The molecule has 0 spiro atoms. The summed E-state index contributed by atoms with van der Waals surface area (Å²) in [6, 6.07) is 10.9. The van der Waals surface area contributed by atoms with Gasteiger partial charge in [-0.05, 0) is 30.7 Å².